The minimum atomic E-state index is -0.478. The topological polar surface area (TPSA) is 38.7 Å². The van der Waals surface area contributed by atoms with Crippen molar-refractivity contribution in [3.05, 3.63) is 39.5 Å². The number of hydrogen-bond acceptors (Lipinski definition) is 3. The fourth-order valence-electron chi connectivity index (χ4n) is 1.29. The van der Waals surface area contributed by atoms with Crippen LogP contribution in [0.4, 0.5) is 0 Å². The largest absolute Gasteiger partial charge is 0.407 e. The maximum absolute atomic E-state index is 11.3. The summed E-state index contributed by atoms with van der Waals surface area (Å²) in [5.74, 6) is -0.150. The number of carbonyl (C=O) groups excluding carboxylic acids is 1. The molecule has 5 heteroatoms. The van der Waals surface area contributed by atoms with Crippen LogP contribution in [0.25, 0.3) is 6.08 Å². The highest BCUT2D eigenvalue weighted by atomic mass is 35.5. The van der Waals surface area contributed by atoms with Gasteiger partial charge >= 0.3 is 5.97 Å². The Hall–Kier alpha value is -1.32. The molecule has 1 aliphatic heterocycles. The lowest BCUT2D eigenvalue weighted by Gasteiger charge is -1.99. The minimum absolute atomic E-state index is 0.224. The lowest BCUT2D eigenvalue weighted by Crippen LogP contribution is -1.99. The zero-order chi connectivity index (χ0) is 11.7. The summed E-state index contributed by atoms with van der Waals surface area (Å²) in [6, 6.07) is 5.17. The smallest absolute Gasteiger partial charge is 0.363 e. The highest BCUT2D eigenvalue weighted by molar-refractivity contribution is 6.43. The molecule has 1 aromatic rings. The van der Waals surface area contributed by atoms with Crippen LogP contribution in [0, 0.1) is 0 Å². The van der Waals surface area contributed by atoms with Crippen LogP contribution in [-0.2, 0) is 9.53 Å². The van der Waals surface area contributed by atoms with Gasteiger partial charge in [-0.05, 0) is 17.7 Å². The standard InChI is InChI=1S/C11H7Cl2NO2/c1-6-14-9(11(15)16-6)5-7-3-2-4-8(12)10(7)13/h2-5H,1H3. The van der Waals surface area contributed by atoms with Crippen LogP contribution in [0.5, 0.6) is 0 Å². The Labute approximate surface area is 102 Å². The van der Waals surface area contributed by atoms with Crippen molar-refractivity contribution in [3.63, 3.8) is 0 Å². The van der Waals surface area contributed by atoms with Crippen LogP contribution in [0.1, 0.15) is 12.5 Å². The number of rotatable bonds is 1. The summed E-state index contributed by atoms with van der Waals surface area (Å²) < 4.78 is 4.78. The van der Waals surface area contributed by atoms with Gasteiger partial charge in [0, 0.05) is 6.92 Å². The highest BCUT2D eigenvalue weighted by Gasteiger charge is 2.20. The van der Waals surface area contributed by atoms with E-state index >= 15 is 0 Å². The lowest BCUT2D eigenvalue weighted by atomic mass is 10.2. The van der Waals surface area contributed by atoms with Gasteiger partial charge in [0.15, 0.2) is 11.6 Å². The van der Waals surface area contributed by atoms with Gasteiger partial charge in [-0.1, -0.05) is 35.3 Å². The maximum atomic E-state index is 11.3. The van der Waals surface area contributed by atoms with Crippen molar-refractivity contribution in [3.8, 4) is 0 Å². The first-order chi connectivity index (χ1) is 7.58. The van der Waals surface area contributed by atoms with Crippen LogP contribution in [0.3, 0.4) is 0 Å². The molecular formula is C11H7Cl2NO2. The van der Waals surface area contributed by atoms with Crippen LogP contribution in [-0.4, -0.2) is 11.9 Å². The number of nitrogens with zero attached hydrogens (tertiary/aromatic N) is 1. The van der Waals surface area contributed by atoms with Gasteiger partial charge in [0.05, 0.1) is 10.0 Å². The molecule has 2 rings (SSSR count). The second kappa shape index (κ2) is 4.28. The highest BCUT2D eigenvalue weighted by Crippen LogP contribution is 2.28. The van der Waals surface area contributed by atoms with Crippen LogP contribution in [0.15, 0.2) is 28.9 Å². The van der Waals surface area contributed by atoms with E-state index in [2.05, 4.69) is 4.99 Å². The quantitative estimate of drug-likeness (QED) is 0.571. The molecule has 0 unspecified atom stereocenters. The molecule has 0 aliphatic carbocycles. The predicted molar refractivity (Wildman–Crippen MR) is 63.6 cm³/mol. The number of benzene rings is 1. The Morgan fingerprint density at radius 3 is 2.75 bits per heavy atom. The van der Waals surface area contributed by atoms with Crippen LogP contribution < -0.4 is 0 Å². The molecule has 0 aromatic heterocycles. The van der Waals surface area contributed by atoms with Gasteiger partial charge in [0.25, 0.3) is 0 Å². The van der Waals surface area contributed by atoms with Crippen molar-refractivity contribution in [2.45, 2.75) is 6.92 Å². The molecule has 0 N–H and O–H groups in total. The monoisotopic (exact) mass is 255 g/mol. The van der Waals surface area contributed by atoms with E-state index in [4.69, 9.17) is 27.9 Å². The van der Waals surface area contributed by atoms with E-state index in [0.717, 1.165) is 0 Å². The van der Waals surface area contributed by atoms with Gasteiger partial charge in [0.2, 0.25) is 0 Å². The van der Waals surface area contributed by atoms with Crippen molar-refractivity contribution in [2.24, 2.45) is 4.99 Å². The first kappa shape index (κ1) is 11.2. The Morgan fingerprint density at radius 2 is 2.12 bits per heavy atom. The second-order valence-electron chi connectivity index (χ2n) is 3.19. The number of carbonyl (C=O) groups is 1. The molecule has 0 amide bonds. The molecule has 0 radical (unpaired) electrons. The Morgan fingerprint density at radius 1 is 1.38 bits per heavy atom. The Kier molecular flexibility index (Phi) is 2.99. The molecule has 1 aromatic carbocycles. The minimum Gasteiger partial charge on any atom is -0.407 e. The number of esters is 1. The number of aliphatic imine (C=N–C) groups is 1. The summed E-state index contributed by atoms with van der Waals surface area (Å²) >= 11 is 11.8. The molecule has 1 aliphatic rings. The molecule has 0 fully saturated rings. The fourth-order valence-corrected chi connectivity index (χ4v) is 1.66. The molecular weight excluding hydrogens is 249 g/mol. The van der Waals surface area contributed by atoms with Gasteiger partial charge in [-0.25, -0.2) is 9.79 Å². The van der Waals surface area contributed by atoms with Crippen LogP contribution in [0.2, 0.25) is 10.0 Å². The third kappa shape index (κ3) is 2.10. The van der Waals surface area contributed by atoms with E-state index in [1.807, 2.05) is 0 Å². The van der Waals surface area contributed by atoms with Crippen molar-refractivity contribution in [1.29, 1.82) is 0 Å². The van der Waals surface area contributed by atoms with Gasteiger partial charge in [-0.2, -0.15) is 0 Å². The molecule has 82 valence electrons. The number of ether oxygens (including phenoxy) is 1. The molecule has 0 atom stereocenters. The average Bonchev–Trinajstić information content (AvgIpc) is 2.53. The lowest BCUT2D eigenvalue weighted by molar-refractivity contribution is -0.130. The molecule has 0 saturated heterocycles. The number of cyclic esters (lactones) is 1. The van der Waals surface area contributed by atoms with Crippen molar-refractivity contribution < 1.29 is 9.53 Å². The normalized spacial score (nSPS) is 17.6. The summed E-state index contributed by atoms with van der Waals surface area (Å²) in [6.45, 7) is 1.61. The first-order valence-corrected chi connectivity index (χ1v) is 5.26. The molecule has 16 heavy (non-hydrogen) atoms. The van der Waals surface area contributed by atoms with E-state index in [0.29, 0.717) is 21.5 Å². The predicted octanol–water partition coefficient (Wildman–Crippen LogP) is 3.31. The molecule has 0 saturated carbocycles. The van der Waals surface area contributed by atoms with Gasteiger partial charge in [-0.15, -0.1) is 0 Å². The average molecular weight is 256 g/mol. The Balaban J connectivity index is 2.44. The van der Waals surface area contributed by atoms with Gasteiger partial charge < -0.3 is 4.74 Å². The number of hydrogen-bond donors (Lipinski definition) is 0. The maximum Gasteiger partial charge on any atom is 0.363 e. The zero-order valence-corrected chi connectivity index (χ0v) is 9.84. The van der Waals surface area contributed by atoms with E-state index in [1.54, 1.807) is 31.2 Å². The molecule has 0 bridgehead atoms. The van der Waals surface area contributed by atoms with E-state index in [-0.39, 0.29) is 5.70 Å². The summed E-state index contributed by atoms with van der Waals surface area (Å²) in [6.07, 6.45) is 1.55. The molecule has 0 spiro atoms. The summed E-state index contributed by atoms with van der Waals surface area (Å²) in [5, 5.41) is 0.826. The van der Waals surface area contributed by atoms with Crippen molar-refractivity contribution in [1.82, 2.24) is 0 Å². The SMILES string of the molecule is CC1=NC(=Cc2cccc(Cl)c2Cl)C(=O)O1. The van der Waals surface area contributed by atoms with Gasteiger partial charge in [-0.3, -0.25) is 0 Å². The van der Waals surface area contributed by atoms with Crippen molar-refractivity contribution >= 4 is 41.1 Å². The molecule has 1 heterocycles. The van der Waals surface area contributed by atoms with E-state index in [9.17, 15) is 4.79 Å². The van der Waals surface area contributed by atoms with E-state index < -0.39 is 5.97 Å². The van der Waals surface area contributed by atoms with Crippen molar-refractivity contribution in [2.75, 3.05) is 0 Å². The van der Waals surface area contributed by atoms with Gasteiger partial charge in [0.1, 0.15) is 0 Å². The fraction of sp³-hybridized carbons (Fsp3) is 0.0909. The molecule has 3 nitrogen and oxygen atoms in total. The Bertz CT molecular complexity index is 521. The summed E-state index contributed by atoms with van der Waals surface area (Å²) in [5.41, 5.74) is 0.862. The zero-order valence-electron chi connectivity index (χ0n) is 8.33. The van der Waals surface area contributed by atoms with E-state index in [1.165, 1.54) is 0 Å². The van der Waals surface area contributed by atoms with Crippen LogP contribution >= 0.6 is 23.2 Å². The number of halogens is 2. The summed E-state index contributed by atoms with van der Waals surface area (Å²) in [4.78, 5) is 15.2. The first-order valence-electron chi connectivity index (χ1n) is 4.51. The third-order valence-corrected chi connectivity index (χ3v) is 2.83. The third-order valence-electron chi connectivity index (χ3n) is 2.00. The second-order valence-corrected chi connectivity index (χ2v) is 3.98. The summed E-state index contributed by atoms with van der Waals surface area (Å²) in [7, 11) is 0.